The Balaban J connectivity index is 2.30. The lowest BCUT2D eigenvalue weighted by molar-refractivity contribution is 0.322. The highest BCUT2D eigenvalue weighted by atomic mass is 19.1. The van der Waals surface area contributed by atoms with Gasteiger partial charge in [0.2, 0.25) is 0 Å². The van der Waals surface area contributed by atoms with Crippen molar-refractivity contribution >= 4 is 5.69 Å². The van der Waals surface area contributed by atoms with Gasteiger partial charge in [-0.05, 0) is 25.0 Å². The Morgan fingerprint density at radius 3 is 2.92 bits per heavy atom. The molecule has 2 atom stereocenters. The summed E-state index contributed by atoms with van der Waals surface area (Å²) >= 11 is 0. The Bertz CT molecular complexity index is 323. The third-order valence-corrected chi connectivity index (χ3v) is 2.42. The van der Waals surface area contributed by atoms with Crippen LogP contribution in [-0.4, -0.2) is 12.2 Å². The van der Waals surface area contributed by atoms with Gasteiger partial charge >= 0.3 is 0 Å². The van der Waals surface area contributed by atoms with Crippen molar-refractivity contribution in [2.24, 2.45) is 0 Å². The van der Waals surface area contributed by atoms with Crippen LogP contribution in [-0.2, 0) is 6.42 Å². The summed E-state index contributed by atoms with van der Waals surface area (Å²) in [5, 5.41) is 2.85. The largest absolute Gasteiger partial charge is 0.376 e. The lowest BCUT2D eigenvalue weighted by Gasteiger charge is -2.11. The van der Waals surface area contributed by atoms with Gasteiger partial charge in [0, 0.05) is 0 Å². The average Bonchev–Trinajstić information content (AvgIpc) is 2.49. The summed E-state index contributed by atoms with van der Waals surface area (Å²) in [4.78, 5) is 0. The van der Waals surface area contributed by atoms with Gasteiger partial charge in [-0.3, -0.25) is 0 Å². The van der Waals surface area contributed by atoms with Crippen LogP contribution in [0.4, 0.5) is 14.5 Å². The monoisotopic (exact) mass is 183 g/mol. The summed E-state index contributed by atoms with van der Waals surface area (Å²) in [7, 11) is 0. The van der Waals surface area contributed by atoms with Crippen LogP contribution in [0.1, 0.15) is 12.5 Å². The molecule has 0 amide bonds. The number of fused-ring (bicyclic) bond motifs is 1. The molecular weight excluding hydrogens is 172 g/mol. The number of hydrogen-bond donors (Lipinski definition) is 1. The van der Waals surface area contributed by atoms with Crippen LogP contribution in [0.15, 0.2) is 18.2 Å². The van der Waals surface area contributed by atoms with E-state index in [0.29, 0.717) is 12.1 Å². The predicted octanol–water partition coefficient (Wildman–Crippen LogP) is 2.52. The van der Waals surface area contributed by atoms with Gasteiger partial charge in [0.15, 0.2) is 0 Å². The van der Waals surface area contributed by atoms with E-state index in [0.717, 1.165) is 5.56 Å². The number of hydrogen-bond acceptors (Lipinski definition) is 1. The summed E-state index contributed by atoms with van der Waals surface area (Å²) in [6.07, 6.45) is -0.378. The molecule has 13 heavy (non-hydrogen) atoms. The number of para-hydroxylation sites is 1. The van der Waals surface area contributed by atoms with E-state index in [9.17, 15) is 8.78 Å². The third kappa shape index (κ3) is 1.39. The first-order chi connectivity index (χ1) is 6.18. The zero-order chi connectivity index (χ0) is 9.42. The van der Waals surface area contributed by atoms with E-state index in [2.05, 4.69) is 5.32 Å². The molecule has 1 heterocycles. The van der Waals surface area contributed by atoms with Gasteiger partial charge in [-0.1, -0.05) is 12.1 Å². The van der Waals surface area contributed by atoms with Crippen molar-refractivity contribution in [1.82, 2.24) is 0 Å². The molecule has 1 N–H and O–H groups in total. The van der Waals surface area contributed by atoms with E-state index < -0.39 is 6.17 Å². The summed E-state index contributed by atoms with van der Waals surface area (Å²) < 4.78 is 26.1. The Labute approximate surface area is 75.8 Å². The van der Waals surface area contributed by atoms with Crippen LogP contribution in [0.3, 0.4) is 0 Å². The molecule has 2 rings (SSSR count). The predicted molar refractivity (Wildman–Crippen MR) is 48.1 cm³/mol. The molecule has 1 aliphatic heterocycles. The Kier molecular flexibility index (Phi) is 1.94. The number of nitrogens with one attached hydrogen (secondary N) is 1. The Hall–Kier alpha value is -1.12. The van der Waals surface area contributed by atoms with E-state index in [4.69, 9.17) is 0 Å². The van der Waals surface area contributed by atoms with Gasteiger partial charge in [0.1, 0.15) is 12.0 Å². The molecular formula is C10H11F2N. The van der Waals surface area contributed by atoms with Crippen LogP contribution in [0.2, 0.25) is 0 Å². The molecule has 0 saturated heterocycles. The van der Waals surface area contributed by atoms with Crippen LogP contribution in [0.25, 0.3) is 0 Å². The molecule has 0 aromatic heterocycles. The van der Waals surface area contributed by atoms with Crippen molar-refractivity contribution < 1.29 is 8.78 Å². The van der Waals surface area contributed by atoms with E-state index in [1.54, 1.807) is 6.07 Å². The first-order valence-corrected chi connectivity index (χ1v) is 4.36. The first-order valence-electron chi connectivity index (χ1n) is 4.36. The van der Waals surface area contributed by atoms with Crippen molar-refractivity contribution in [3.05, 3.63) is 29.6 Å². The van der Waals surface area contributed by atoms with Gasteiger partial charge in [-0.15, -0.1) is 0 Å². The zero-order valence-electron chi connectivity index (χ0n) is 7.35. The number of alkyl halides is 1. The fourth-order valence-corrected chi connectivity index (χ4v) is 1.65. The molecule has 0 fully saturated rings. The van der Waals surface area contributed by atoms with Gasteiger partial charge in [0.25, 0.3) is 0 Å². The molecule has 0 saturated carbocycles. The quantitative estimate of drug-likeness (QED) is 0.705. The van der Waals surface area contributed by atoms with Gasteiger partial charge in [-0.2, -0.15) is 0 Å². The second kappa shape index (κ2) is 2.98. The maximum absolute atomic E-state index is 13.1. The summed E-state index contributed by atoms with van der Waals surface area (Å²) in [5.74, 6) is -0.291. The average molecular weight is 183 g/mol. The van der Waals surface area contributed by atoms with Crippen LogP contribution >= 0.6 is 0 Å². The molecule has 1 aliphatic rings. The van der Waals surface area contributed by atoms with Gasteiger partial charge < -0.3 is 5.32 Å². The van der Waals surface area contributed by atoms with Crippen molar-refractivity contribution in [3.63, 3.8) is 0 Å². The highest BCUT2D eigenvalue weighted by Crippen LogP contribution is 2.29. The normalized spacial score (nSPS) is 22.2. The maximum atomic E-state index is 13.1. The SMILES string of the molecule is CC(F)C1Cc2cccc(F)c2N1. The third-order valence-electron chi connectivity index (χ3n) is 2.42. The standard InChI is InChI=1S/C10H11F2N/c1-6(11)9-5-7-3-2-4-8(12)10(7)13-9/h2-4,6,9,13H,5H2,1H3. The van der Waals surface area contributed by atoms with Crippen molar-refractivity contribution in [1.29, 1.82) is 0 Å². The number of rotatable bonds is 1. The lowest BCUT2D eigenvalue weighted by Crippen LogP contribution is -2.25. The minimum Gasteiger partial charge on any atom is -0.376 e. The van der Waals surface area contributed by atoms with E-state index in [1.165, 1.54) is 13.0 Å². The smallest absolute Gasteiger partial charge is 0.146 e. The molecule has 70 valence electrons. The molecule has 0 aliphatic carbocycles. The number of anilines is 1. The highest BCUT2D eigenvalue weighted by molar-refractivity contribution is 5.58. The topological polar surface area (TPSA) is 12.0 Å². The number of benzene rings is 1. The maximum Gasteiger partial charge on any atom is 0.146 e. The first kappa shape index (κ1) is 8.48. The van der Waals surface area contributed by atoms with E-state index in [-0.39, 0.29) is 11.9 Å². The van der Waals surface area contributed by atoms with Crippen molar-refractivity contribution in [2.75, 3.05) is 5.32 Å². The minimum atomic E-state index is -0.952. The summed E-state index contributed by atoms with van der Waals surface area (Å²) in [5.41, 5.74) is 1.34. The van der Waals surface area contributed by atoms with Crippen LogP contribution < -0.4 is 5.32 Å². The minimum absolute atomic E-state index is 0.271. The van der Waals surface area contributed by atoms with Crippen molar-refractivity contribution in [3.8, 4) is 0 Å². The molecule has 0 bridgehead atoms. The molecule has 0 spiro atoms. The Morgan fingerprint density at radius 1 is 1.54 bits per heavy atom. The lowest BCUT2D eigenvalue weighted by atomic mass is 10.1. The second-order valence-electron chi connectivity index (χ2n) is 3.41. The fourth-order valence-electron chi connectivity index (χ4n) is 1.65. The van der Waals surface area contributed by atoms with Crippen molar-refractivity contribution in [2.45, 2.75) is 25.6 Å². The summed E-state index contributed by atoms with van der Waals surface area (Å²) in [6.45, 7) is 1.49. The molecule has 3 heteroatoms. The summed E-state index contributed by atoms with van der Waals surface area (Å²) in [6, 6.07) is 4.60. The van der Waals surface area contributed by atoms with E-state index in [1.807, 2.05) is 6.07 Å². The highest BCUT2D eigenvalue weighted by Gasteiger charge is 2.26. The molecule has 1 aromatic carbocycles. The molecule has 1 aromatic rings. The molecule has 1 nitrogen and oxygen atoms in total. The Morgan fingerprint density at radius 2 is 2.31 bits per heavy atom. The van der Waals surface area contributed by atoms with Gasteiger partial charge in [0.05, 0.1) is 11.7 Å². The van der Waals surface area contributed by atoms with Crippen LogP contribution in [0.5, 0.6) is 0 Å². The second-order valence-corrected chi connectivity index (χ2v) is 3.41. The molecule has 2 unspecified atom stereocenters. The fraction of sp³-hybridized carbons (Fsp3) is 0.400. The van der Waals surface area contributed by atoms with E-state index >= 15 is 0 Å². The number of halogens is 2. The zero-order valence-corrected chi connectivity index (χ0v) is 7.35. The molecule has 0 radical (unpaired) electrons. The van der Waals surface area contributed by atoms with Crippen LogP contribution in [0, 0.1) is 5.82 Å². The van der Waals surface area contributed by atoms with Gasteiger partial charge in [-0.25, -0.2) is 8.78 Å².